The number of benzene rings is 1. The van der Waals surface area contributed by atoms with Gasteiger partial charge in [-0.1, -0.05) is 12.5 Å². The number of fused-ring (bicyclic) bond motifs is 2. The topological polar surface area (TPSA) is 49.5 Å². The van der Waals surface area contributed by atoms with Gasteiger partial charge in [0.25, 0.3) is 0 Å². The van der Waals surface area contributed by atoms with Crippen molar-refractivity contribution in [3.05, 3.63) is 23.8 Å². The van der Waals surface area contributed by atoms with E-state index in [4.69, 9.17) is 5.73 Å². The molecule has 3 heteroatoms. The van der Waals surface area contributed by atoms with Crippen molar-refractivity contribution in [3.63, 3.8) is 0 Å². The maximum absolute atomic E-state index is 9.57. The average Bonchev–Trinajstić information content (AvgIpc) is 2.75. The molecule has 16 heavy (non-hydrogen) atoms. The zero-order valence-corrected chi connectivity index (χ0v) is 9.56. The molecule has 1 aliphatic heterocycles. The minimum absolute atomic E-state index is 0.138. The second-order valence-corrected chi connectivity index (χ2v) is 5.04. The van der Waals surface area contributed by atoms with Crippen LogP contribution < -0.4 is 10.6 Å². The van der Waals surface area contributed by atoms with Crippen molar-refractivity contribution in [2.45, 2.75) is 31.3 Å². The number of phenolic OH excluding ortho intramolecular Hbond substituents is 1. The van der Waals surface area contributed by atoms with E-state index in [0.717, 1.165) is 5.69 Å². The third-order valence-electron chi connectivity index (χ3n) is 4.24. The highest BCUT2D eigenvalue weighted by molar-refractivity contribution is 5.61. The molecule has 0 radical (unpaired) electrons. The minimum Gasteiger partial charge on any atom is -0.508 e. The van der Waals surface area contributed by atoms with Gasteiger partial charge in [-0.15, -0.1) is 0 Å². The number of anilines is 1. The lowest BCUT2D eigenvalue weighted by Crippen LogP contribution is -2.44. The molecule has 1 aliphatic carbocycles. The molecular weight excluding hydrogens is 200 g/mol. The number of rotatable bonds is 0. The summed E-state index contributed by atoms with van der Waals surface area (Å²) in [6.07, 6.45) is 3.73. The Balaban J connectivity index is 2.11. The molecule has 0 saturated heterocycles. The number of nitrogens with two attached hydrogens (primary N) is 1. The molecule has 1 aromatic carbocycles. The van der Waals surface area contributed by atoms with Crippen LogP contribution in [0.2, 0.25) is 0 Å². The van der Waals surface area contributed by atoms with Crippen molar-refractivity contribution in [2.24, 2.45) is 11.7 Å². The first-order valence-corrected chi connectivity index (χ1v) is 6.00. The summed E-state index contributed by atoms with van der Waals surface area (Å²) < 4.78 is 0. The Kier molecular flexibility index (Phi) is 2.11. The molecule has 3 rings (SSSR count). The Hall–Kier alpha value is -1.22. The summed E-state index contributed by atoms with van der Waals surface area (Å²) in [5, 5.41) is 9.57. The molecule has 1 saturated carbocycles. The average molecular weight is 218 g/mol. The fraction of sp³-hybridized carbons (Fsp3) is 0.538. The normalized spacial score (nSPS) is 32.4. The van der Waals surface area contributed by atoms with Gasteiger partial charge in [-0.25, -0.2) is 0 Å². The van der Waals surface area contributed by atoms with Crippen molar-refractivity contribution in [1.82, 2.24) is 0 Å². The predicted octanol–water partition coefficient (Wildman–Crippen LogP) is 2.01. The van der Waals surface area contributed by atoms with E-state index in [0.29, 0.717) is 17.7 Å². The van der Waals surface area contributed by atoms with Gasteiger partial charge in [0.15, 0.2) is 0 Å². The molecule has 1 aromatic rings. The van der Waals surface area contributed by atoms with Gasteiger partial charge in [0, 0.05) is 30.9 Å². The van der Waals surface area contributed by atoms with E-state index >= 15 is 0 Å². The van der Waals surface area contributed by atoms with E-state index in [9.17, 15) is 5.11 Å². The van der Waals surface area contributed by atoms with Crippen molar-refractivity contribution >= 4 is 5.69 Å². The Morgan fingerprint density at radius 1 is 1.38 bits per heavy atom. The van der Waals surface area contributed by atoms with E-state index in [1.807, 2.05) is 12.1 Å². The Morgan fingerprint density at radius 2 is 2.19 bits per heavy atom. The number of hydrogen-bond donors (Lipinski definition) is 2. The van der Waals surface area contributed by atoms with E-state index in [1.165, 1.54) is 24.8 Å². The zero-order valence-electron chi connectivity index (χ0n) is 9.56. The lowest BCUT2D eigenvalue weighted by molar-refractivity contribution is 0.369. The fourth-order valence-corrected chi connectivity index (χ4v) is 3.40. The van der Waals surface area contributed by atoms with Gasteiger partial charge in [0.1, 0.15) is 5.75 Å². The van der Waals surface area contributed by atoms with E-state index in [1.54, 1.807) is 6.07 Å². The summed E-state index contributed by atoms with van der Waals surface area (Å²) in [6, 6.07) is 6.25. The number of phenols is 1. The number of hydrogen-bond acceptors (Lipinski definition) is 3. The maximum Gasteiger partial charge on any atom is 0.117 e. The molecular formula is C13H18N2O. The summed E-state index contributed by atoms with van der Waals surface area (Å²) >= 11 is 0. The van der Waals surface area contributed by atoms with Crippen LogP contribution in [-0.4, -0.2) is 18.2 Å². The van der Waals surface area contributed by atoms with Gasteiger partial charge in [0.05, 0.1) is 0 Å². The van der Waals surface area contributed by atoms with Gasteiger partial charge >= 0.3 is 0 Å². The van der Waals surface area contributed by atoms with E-state index in [2.05, 4.69) is 11.9 Å². The smallest absolute Gasteiger partial charge is 0.117 e. The van der Waals surface area contributed by atoms with Gasteiger partial charge in [-0.2, -0.15) is 0 Å². The first kappa shape index (κ1) is 9.97. The molecule has 86 valence electrons. The summed E-state index contributed by atoms with van der Waals surface area (Å²) in [5.41, 5.74) is 8.63. The number of nitrogens with zero attached hydrogens (tertiary/aromatic N) is 1. The minimum atomic E-state index is 0.138. The third-order valence-corrected chi connectivity index (χ3v) is 4.24. The van der Waals surface area contributed by atoms with Gasteiger partial charge in [-0.3, -0.25) is 0 Å². The van der Waals surface area contributed by atoms with Crippen molar-refractivity contribution < 1.29 is 5.11 Å². The maximum atomic E-state index is 9.57. The van der Waals surface area contributed by atoms with Crippen LogP contribution in [0.5, 0.6) is 5.75 Å². The Morgan fingerprint density at radius 3 is 3.00 bits per heavy atom. The molecule has 3 atom stereocenters. The first-order chi connectivity index (χ1) is 7.68. The monoisotopic (exact) mass is 218 g/mol. The second kappa shape index (κ2) is 3.39. The molecule has 3 N–H and O–H groups in total. The van der Waals surface area contributed by atoms with E-state index in [-0.39, 0.29) is 6.04 Å². The molecule has 0 amide bonds. The molecule has 0 bridgehead atoms. The summed E-state index contributed by atoms with van der Waals surface area (Å²) in [7, 11) is 2.12. The van der Waals surface area contributed by atoms with Gasteiger partial charge in [0.2, 0.25) is 0 Å². The highest BCUT2D eigenvalue weighted by atomic mass is 16.3. The SMILES string of the molecule is CN1c2cc(O)ccc2C(N)C2CCCC21. The molecule has 2 aliphatic rings. The summed E-state index contributed by atoms with van der Waals surface area (Å²) in [4.78, 5) is 2.30. The van der Waals surface area contributed by atoms with Gasteiger partial charge in [-0.05, 0) is 30.4 Å². The third kappa shape index (κ3) is 1.24. The van der Waals surface area contributed by atoms with Crippen LogP contribution in [0, 0.1) is 5.92 Å². The van der Waals surface area contributed by atoms with Crippen LogP contribution in [0.25, 0.3) is 0 Å². The second-order valence-electron chi connectivity index (χ2n) is 5.04. The van der Waals surface area contributed by atoms with Crippen LogP contribution in [-0.2, 0) is 0 Å². The molecule has 0 aromatic heterocycles. The highest BCUT2D eigenvalue weighted by Gasteiger charge is 2.40. The molecule has 1 fully saturated rings. The molecule has 0 spiro atoms. The predicted molar refractivity (Wildman–Crippen MR) is 64.6 cm³/mol. The van der Waals surface area contributed by atoms with Crippen LogP contribution in [0.15, 0.2) is 18.2 Å². The quantitative estimate of drug-likeness (QED) is 0.700. The number of aromatic hydroxyl groups is 1. The molecule has 1 heterocycles. The zero-order chi connectivity index (χ0) is 11.3. The van der Waals surface area contributed by atoms with E-state index < -0.39 is 0 Å². The Bertz CT molecular complexity index is 418. The van der Waals surface area contributed by atoms with Crippen LogP contribution in [0.1, 0.15) is 30.9 Å². The largest absolute Gasteiger partial charge is 0.508 e. The molecule has 3 unspecified atom stereocenters. The summed E-state index contributed by atoms with van der Waals surface area (Å²) in [5.74, 6) is 0.913. The van der Waals surface area contributed by atoms with Crippen molar-refractivity contribution in [1.29, 1.82) is 0 Å². The lowest BCUT2D eigenvalue weighted by atomic mass is 9.84. The summed E-state index contributed by atoms with van der Waals surface area (Å²) in [6.45, 7) is 0. The standard InChI is InChI=1S/C13H18N2O/c1-15-11-4-2-3-9(11)13(14)10-6-5-8(16)7-12(10)15/h5-7,9,11,13,16H,2-4,14H2,1H3. The molecule has 3 nitrogen and oxygen atoms in total. The first-order valence-electron chi connectivity index (χ1n) is 6.00. The van der Waals surface area contributed by atoms with Crippen molar-refractivity contribution in [2.75, 3.05) is 11.9 Å². The van der Waals surface area contributed by atoms with Gasteiger partial charge < -0.3 is 15.7 Å². The van der Waals surface area contributed by atoms with Crippen LogP contribution in [0.3, 0.4) is 0 Å². The van der Waals surface area contributed by atoms with Crippen molar-refractivity contribution in [3.8, 4) is 5.75 Å². The van der Waals surface area contributed by atoms with Crippen LogP contribution >= 0.6 is 0 Å². The Labute approximate surface area is 95.9 Å². The fourth-order valence-electron chi connectivity index (χ4n) is 3.40. The van der Waals surface area contributed by atoms with Crippen LogP contribution in [0.4, 0.5) is 5.69 Å². The lowest BCUT2D eigenvalue weighted by Gasteiger charge is -2.41. The highest BCUT2D eigenvalue weighted by Crippen LogP contribution is 2.46.